The highest BCUT2D eigenvalue weighted by Crippen LogP contribution is 2.15. The number of para-hydroxylation sites is 1. The fourth-order valence-corrected chi connectivity index (χ4v) is 2.57. The molecule has 8 heteroatoms. The minimum absolute atomic E-state index is 0.114. The maximum Gasteiger partial charge on any atom is 0.359 e. The highest BCUT2D eigenvalue weighted by Gasteiger charge is 2.19. The number of nitrogens with one attached hydrogen (secondary N) is 2. The van der Waals surface area contributed by atoms with Crippen LogP contribution in [0.5, 0.6) is 0 Å². The van der Waals surface area contributed by atoms with Gasteiger partial charge in [-0.15, -0.1) is 0 Å². The number of esters is 1. The monoisotopic (exact) mass is 380 g/mol. The van der Waals surface area contributed by atoms with Crippen molar-refractivity contribution >= 4 is 34.4 Å². The SMILES string of the molecule is Cc1ccc(NC(=O)CN(C)C(=O)COC(=O)c2n[nH]c3ccccc23)cc1. The van der Waals surface area contributed by atoms with Crippen molar-refractivity contribution in [3.8, 4) is 0 Å². The highest BCUT2D eigenvalue weighted by atomic mass is 16.5. The van der Waals surface area contributed by atoms with Gasteiger partial charge in [-0.2, -0.15) is 5.10 Å². The van der Waals surface area contributed by atoms with E-state index in [0.29, 0.717) is 16.6 Å². The molecule has 3 aromatic rings. The zero-order valence-corrected chi connectivity index (χ0v) is 15.6. The minimum atomic E-state index is -0.705. The Hall–Kier alpha value is -3.68. The Morgan fingerprint density at radius 2 is 1.82 bits per heavy atom. The van der Waals surface area contributed by atoms with Crippen molar-refractivity contribution < 1.29 is 19.1 Å². The normalized spacial score (nSPS) is 10.5. The zero-order valence-electron chi connectivity index (χ0n) is 15.6. The molecule has 0 radical (unpaired) electrons. The van der Waals surface area contributed by atoms with Crippen molar-refractivity contribution in [3.63, 3.8) is 0 Å². The van der Waals surface area contributed by atoms with Gasteiger partial charge >= 0.3 is 5.97 Å². The van der Waals surface area contributed by atoms with Crippen LogP contribution in [0.4, 0.5) is 5.69 Å². The number of rotatable bonds is 6. The standard InChI is InChI=1S/C20H20N4O4/c1-13-7-9-14(10-8-13)21-17(25)11-24(2)18(26)12-28-20(27)19-15-5-3-4-6-16(15)22-23-19/h3-10H,11-12H2,1-2H3,(H,21,25)(H,22,23). The number of anilines is 1. The number of carbonyl (C=O) groups is 3. The van der Waals surface area contributed by atoms with Crippen LogP contribution in [-0.2, 0) is 14.3 Å². The van der Waals surface area contributed by atoms with E-state index in [4.69, 9.17) is 4.74 Å². The summed E-state index contributed by atoms with van der Waals surface area (Å²) in [6, 6.07) is 14.4. The van der Waals surface area contributed by atoms with Crippen molar-refractivity contribution in [1.29, 1.82) is 0 Å². The number of benzene rings is 2. The number of aromatic nitrogens is 2. The number of carbonyl (C=O) groups excluding carboxylic acids is 3. The predicted octanol–water partition coefficient (Wildman–Crippen LogP) is 2.13. The van der Waals surface area contributed by atoms with Gasteiger partial charge < -0.3 is 15.0 Å². The fourth-order valence-electron chi connectivity index (χ4n) is 2.57. The van der Waals surface area contributed by atoms with E-state index in [1.54, 1.807) is 30.3 Å². The van der Waals surface area contributed by atoms with Gasteiger partial charge in [0.1, 0.15) is 0 Å². The van der Waals surface area contributed by atoms with Crippen molar-refractivity contribution in [2.45, 2.75) is 6.92 Å². The van der Waals surface area contributed by atoms with E-state index in [0.717, 1.165) is 5.56 Å². The number of aromatic amines is 1. The van der Waals surface area contributed by atoms with E-state index in [2.05, 4.69) is 15.5 Å². The smallest absolute Gasteiger partial charge is 0.359 e. The van der Waals surface area contributed by atoms with Gasteiger partial charge in [0.2, 0.25) is 5.91 Å². The van der Waals surface area contributed by atoms with E-state index < -0.39 is 18.5 Å². The molecule has 28 heavy (non-hydrogen) atoms. The Bertz CT molecular complexity index is 1010. The van der Waals surface area contributed by atoms with E-state index in [9.17, 15) is 14.4 Å². The third-order valence-corrected chi connectivity index (χ3v) is 4.13. The first kappa shape index (κ1) is 19.1. The Labute approximate surface area is 161 Å². The molecule has 8 nitrogen and oxygen atoms in total. The molecule has 0 saturated heterocycles. The number of nitrogens with zero attached hydrogens (tertiary/aromatic N) is 2. The van der Waals surface area contributed by atoms with E-state index in [1.165, 1.54) is 11.9 Å². The second kappa shape index (κ2) is 8.34. The highest BCUT2D eigenvalue weighted by molar-refractivity contribution is 6.02. The third-order valence-electron chi connectivity index (χ3n) is 4.13. The number of hydrogen-bond donors (Lipinski definition) is 2. The maximum absolute atomic E-state index is 12.2. The number of aryl methyl sites for hydroxylation is 1. The summed E-state index contributed by atoms with van der Waals surface area (Å²) in [4.78, 5) is 37.6. The number of hydrogen-bond acceptors (Lipinski definition) is 5. The molecule has 2 amide bonds. The lowest BCUT2D eigenvalue weighted by molar-refractivity contribution is -0.136. The summed E-state index contributed by atoms with van der Waals surface area (Å²) in [7, 11) is 1.47. The Morgan fingerprint density at radius 1 is 1.11 bits per heavy atom. The molecule has 0 aliphatic heterocycles. The molecule has 2 N–H and O–H groups in total. The Balaban J connectivity index is 1.50. The fraction of sp³-hybridized carbons (Fsp3) is 0.200. The van der Waals surface area contributed by atoms with Crippen molar-refractivity contribution in [3.05, 3.63) is 59.8 Å². The summed E-state index contributed by atoms with van der Waals surface area (Å²) in [6.45, 7) is 1.31. The molecular weight excluding hydrogens is 360 g/mol. The van der Waals surface area contributed by atoms with E-state index >= 15 is 0 Å². The summed E-state index contributed by atoms with van der Waals surface area (Å²) >= 11 is 0. The summed E-state index contributed by atoms with van der Waals surface area (Å²) in [5.41, 5.74) is 2.54. The quantitative estimate of drug-likeness (QED) is 0.638. The number of ether oxygens (including phenoxy) is 1. The molecule has 144 valence electrons. The molecular formula is C20H20N4O4. The van der Waals surface area contributed by atoms with Crippen molar-refractivity contribution in [2.75, 3.05) is 25.5 Å². The van der Waals surface area contributed by atoms with Crippen molar-refractivity contribution in [1.82, 2.24) is 15.1 Å². The van der Waals surface area contributed by atoms with Gasteiger partial charge in [0.25, 0.3) is 5.91 Å². The van der Waals surface area contributed by atoms with Crippen LogP contribution in [0, 0.1) is 6.92 Å². The first-order chi connectivity index (χ1) is 13.4. The van der Waals surface area contributed by atoms with Crippen LogP contribution >= 0.6 is 0 Å². The lowest BCUT2D eigenvalue weighted by Gasteiger charge is -2.16. The van der Waals surface area contributed by atoms with Gasteiger partial charge in [-0.3, -0.25) is 14.7 Å². The van der Waals surface area contributed by atoms with Crippen LogP contribution < -0.4 is 5.32 Å². The molecule has 0 saturated carbocycles. The minimum Gasteiger partial charge on any atom is -0.451 e. The number of amides is 2. The topological polar surface area (TPSA) is 104 Å². The second-order valence-corrected chi connectivity index (χ2v) is 6.36. The molecule has 0 atom stereocenters. The first-order valence-corrected chi connectivity index (χ1v) is 8.65. The average molecular weight is 380 g/mol. The largest absolute Gasteiger partial charge is 0.451 e. The second-order valence-electron chi connectivity index (χ2n) is 6.36. The van der Waals surface area contributed by atoms with Crippen LogP contribution in [0.15, 0.2) is 48.5 Å². The molecule has 3 rings (SSSR count). The van der Waals surface area contributed by atoms with Crippen LogP contribution in [-0.4, -0.2) is 53.1 Å². The van der Waals surface area contributed by atoms with Gasteiger partial charge in [0, 0.05) is 18.1 Å². The summed E-state index contributed by atoms with van der Waals surface area (Å²) < 4.78 is 5.05. The molecule has 0 aliphatic rings. The molecule has 0 spiro atoms. The summed E-state index contributed by atoms with van der Waals surface area (Å²) in [6.07, 6.45) is 0. The van der Waals surface area contributed by atoms with Gasteiger partial charge in [-0.25, -0.2) is 4.79 Å². The molecule has 1 heterocycles. The Kier molecular flexibility index (Phi) is 5.69. The average Bonchev–Trinajstić information content (AvgIpc) is 3.11. The number of H-pyrrole nitrogens is 1. The number of likely N-dealkylation sites (N-methyl/N-ethyl adjacent to an activating group) is 1. The summed E-state index contributed by atoms with van der Waals surface area (Å²) in [5, 5.41) is 9.99. The van der Waals surface area contributed by atoms with Crippen molar-refractivity contribution in [2.24, 2.45) is 0 Å². The first-order valence-electron chi connectivity index (χ1n) is 8.65. The van der Waals surface area contributed by atoms with Gasteiger partial charge in [0.15, 0.2) is 12.3 Å². The molecule has 0 aliphatic carbocycles. The lowest BCUT2D eigenvalue weighted by Crippen LogP contribution is -2.37. The lowest BCUT2D eigenvalue weighted by atomic mass is 10.2. The molecule has 0 fully saturated rings. The van der Waals surface area contributed by atoms with Gasteiger partial charge in [0.05, 0.1) is 12.1 Å². The van der Waals surface area contributed by atoms with E-state index in [1.807, 2.05) is 25.1 Å². The summed E-state index contributed by atoms with van der Waals surface area (Å²) in [5.74, 6) is -1.54. The van der Waals surface area contributed by atoms with Crippen LogP contribution in [0.1, 0.15) is 16.1 Å². The molecule has 0 unspecified atom stereocenters. The zero-order chi connectivity index (χ0) is 20.1. The van der Waals surface area contributed by atoms with Crippen LogP contribution in [0.3, 0.4) is 0 Å². The van der Waals surface area contributed by atoms with E-state index in [-0.39, 0.29) is 18.1 Å². The third kappa shape index (κ3) is 4.53. The predicted molar refractivity (Wildman–Crippen MR) is 104 cm³/mol. The van der Waals surface area contributed by atoms with Crippen LogP contribution in [0.25, 0.3) is 10.9 Å². The number of fused-ring (bicyclic) bond motifs is 1. The maximum atomic E-state index is 12.2. The molecule has 2 aromatic carbocycles. The molecule has 1 aromatic heterocycles. The van der Waals surface area contributed by atoms with Crippen LogP contribution in [0.2, 0.25) is 0 Å². The van der Waals surface area contributed by atoms with Gasteiger partial charge in [-0.05, 0) is 25.1 Å². The van der Waals surface area contributed by atoms with Gasteiger partial charge in [-0.1, -0.05) is 35.9 Å². The Morgan fingerprint density at radius 3 is 2.57 bits per heavy atom. The molecule has 0 bridgehead atoms.